The van der Waals surface area contributed by atoms with E-state index in [0.29, 0.717) is 0 Å². The minimum atomic E-state index is -3.93. The first-order valence-corrected chi connectivity index (χ1v) is 9.28. The molecule has 1 aromatic heterocycles. The molecular formula is C16H13N2O4S2-. The standard InChI is InChI=1S/C16H14N2O4S2/c1-9-6-10(2)14-13(7-9)23-16(17-14)18-24(21,22)12-5-3-4-11(8-12)15(19)20/h3-8H,1-2H3,(H,17,18)(H,19,20)/p-1. The number of anilines is 1. The predicted octanol–water partition coefficient (Wildman–Crippen LogP) is 2.08. The van der Waals surface area contributed by atoms with Crippen LogP contribution in [0.2, 0.25) is 0 Å². The summed E-state index contributed by atoms with van der Waals surface area (Å²) in [5.74, 6) is -1.43. The highest BCUT2D eigenvalue weighted by atomic mass is 32.2. The molecule has 0 amide bonds. The molecule has 0 unspecified atom stereocenters. The van der Waals surface area contributed by atoms with E-state index in [4.69, 9.17) is 0 Å². The zero-order valence-electron chi connectivity index (χ0n) is 12.9. The molecule has 1 heterocycles. The fourth-order valence-corrected chi connectivity index (χ4v) is 4.70. The number of hydrogen-bond donors (Lipinski definition) is 1. The Morgan fingerprint density at radius 1 is 1.21 bits per heavy atom. The molecule has 0 aliphatic carbocycles. The Kier molecular flexibility index (Phi) is 4.02. The first kappa shape index (κ1) is 16.4. The van der Waals surface area contributed by atoms with Gasteiger partial charge >= 0.3 is 0 Å². The van der Waals surface area contributed by atoms with Crippen LogP contribution in [0.5, 0.6) is 0 Å². The van der Waals surface area contributed by atoms with Crippen molar-refractivity contribution in [2.75, 3.05) is 4.72 Å². The average Bonchev–Trinajstić information content (AvgIpc) is 2.89. The second-order valence-corrected chi connectivity index (χ2v) is 8.08. The maximum atomic E-state index is 12.4. The number of carbonyl (C=O) groups excluding carboxylic acids is 1. The lowest BCUT2D eigenvalue weighted by molar-refractivity contribution is -0.255. The molecule has 0 atom stereocenters. The van der Waals surface area contributed by atoms with Crippen LogP contribution in [0.1, 0.15) is 21.5 Å². The Labute approximate surface area is 142 Å². The van der Waals surface area contributed by atoms with E-state index in [1.807, 2.05) is 26.0 Å². The largest absolute Gasteiger partial charge is 0.545 e. The van der Waals surface area contributed by atoms with Crippen LogP contribution in [0, 0.1) is 13.8 Å². The molecule has 1 N–H and O–H groups in total. The lowest BCUT2D eigenvalue weighted by atomic mass is 10.1. The molecule has 2 aromatic carbocycles. The maximum Gasteiger partial charge on any atom is 0.263 e. The van der Waals surface area contributed by atoms with Crippen molar-refractivity contribution in [1.29, 1.82) is 0 Å². The Balaban J connectivity index is 1.99. The highest BCUT2D eigenvalue weighted by Crippen LogP contribution is 2.30. The van der Waals surface area contributed by atoms with E-state index >= 15 is 0 Å². The smallest absolute Gasteiger partial charge is 0.263 e. The lowest BCUT2D eigenvalue weighted by Gasteiger charge is -2.07. The summed E-state index contributed by atoms with van der Waals surface area (Å²) in [7, 11) is -3.93. The summed E-state index contributed by atoms with van der Waals surface area (Å²) in [5.41, 5.74) is 2.57. The Morgan fingerprint density at radius 2 is 1.96 bits per heavy atom. The molecule has 3 aromatic rings. The van der Waals surface area contributed by atoms with Gasteiger partial charge in [-0.1, -0.05) is 29.5 Å². The Hall–Kier alpha value is -2.45. The van der Waals surface area contributed by atoms with E-state index in [0.717, 1.165) is 27.4 Å². The zero-order valence-corrected chi connectivity index (χ0v) is 14.5. The van der Waals surface area contributed by atoms with Crippen LogP contribution < -0.4 is 9.83 Å². The van der Waals surface area contributed by atoms with E-state index in [1.54, 1.807) is 0 Å². The van der Waals surface area contributed by atoms with E-state index < -0.39 is 16.0 Å². The van der Waals surface area contributed by atoms with E-state index in [9.17, 15) is 18.3 Å². The highest BCUT2D eigenvalue weighted by Gasteiger charge is 2.17. The molecule has 24 heavy (non-hydrogen) atoms. The predicted molar refractivity (Wildman–Crippen MR) is 90.7 cm³/mol. The highest BCUT2D eigenvalue weighted by molar-refractivity contribution is 7.93. The fourth-order valence-electron chi connectivity index (χ4n) is 2.38. The number of aryl methyl sites for hydroxylation is 2. The summed E-state index contributed by atoms with van der Waals surface area (Å²) in [5, 5.41) is 11.1. The minimum absolute atomic E-state index is 0.156. The molecule has 6 nitrogen and oxygen atoms in total. The van der Waals surface area contributed by atoms with Gasteiger partial charge in [-0.2, -0.15) is 0 Å². The van der Waals surface area contributed by atoms with Crippen LogP contribution in [0.4, 0.5) is 5.13 Å². The maximum absolute atomic E-state index is 12.4. The number of fused-ring (bicyclic) bond motifs is 1. The number of thiazole rings is 1. The van der Waals surface area contributed by atoms with Crippen molar-refractivity contribution in [1.82, 2.24) is 4.98 Å². The van der Waals surface area contributed by atoms with Gasteiger partial charge in [0.1, 0.15) is 0 Å². The van der Waals surface area contributed by atoms with Gasteiger partial charge in [-0.15, -0.1) is 0 Å². The number of carboxylic acid groups (broad SMARTS) is 1. The molecule has 0 aliphatic rings. The van der Waals surface area contributed by atoms with Crippen molar-refractivity contribution in [3.8, 4) is 0 Å². The van der Waals surface area contributed by atoms with E-state index in [-0.39, 0.29) is 15.6 Å². The van der Waals surface area contributed by atoms with Crippen LogP contribution in [-0.4, -0.2) is 19.4 Å². The molecule has 0 spiro atoms. The average molecular weight is 361 g/mol. The summed E-state index contributed by atoms with van der Waals surface area (Å²) < 4.78 is 28.2. The molecule has 0 saturated carbocycles. The van der Waals surface area contributed by atoms with E-state index in [1.165, 1.54) is 29.5 Å². The number of nitrogens with one attached hydrogen (secondary N) is 1. The number of benzene rings is 2. The molecule has 0 aliphatic heterocycles. The van der Waals surface area contributed by atoms with E-state index in [2.05, 4.69) is 9.71 Å². The summed E-state index contributed by atoms with van der Waals surface area (Å²) in [4.78, 5) is 15.1. The van der Waals surface area contributed by atoms with Gasteiger partial charge < -0.3 is 9.90 Å². The van der Waals surface area contributed by atoms with Crippen LogP contribution in [0.15, 0.2) is 41.3 Å². The van der Waals surface area contributed by atoms with Crippen molar-refractivity contribution in [3.63, 3.8) is 0 Å². The molecule has 8 heteroatoms. The van der Waals surface area contributed by atoms with Gasteiger partial charge in [-0.3, -0.25) is 4.72 Å². The number of aromatic nitrogens is 1. The normalized spacial score (nSPS) is 11.6. The fraction of sp³-hybridized carbons (Fsp3) is 0.125. The van der Waals surface area contributed by atoms with Crippen molar-refractivity contribution in [2.45, 2.75) is 18.7 Å². The second kappa shape index (κ2) is 5.88. The van der Waals surface area contributed by atoms with Crippen LogP contribution in [-0.2, 0) is 10.0 Å². The second-order valence-electron chi connectivity index (χ2n) is 5.37. The lowest BCUT2D eigenvalue weighted by Crippen LogP contribution is -2.23. The van der Waals surface area contributed by atoms with Gasteiger partial charge in [0, 0.05) is 0 Å². The quantitative estimate of drug-likeness (QED) is 0.767. The van der Waals surface area contributed by atoms with Crippen LogP contribution in [0.25, 0.3) is 10.2 Å². The molecule has 0 radical (unpaired) electrons. The number of carbonyl (C=O) groups is 1. The number of rotatable bonds is 4. The van der Waals surface area contributed by atoms with Crippen molar-refractivity contribution in [3.05, 3.63) is 53.1 Å². The van der Waals surface area contributed by atoms with Gasteiger partial charge in [0.05, 0.1) is 21.1 Å². The zero-order chi connectivity index (χ0) is 17.5. The van der Waals surface area contributed by atoms with Gasteiger partial charge in [-0.25, -0.2) is 13.4 Å². The number of nitrogens with zero attached hydrogens (tertiary/aromatic N) is 1. The summed E-state index contributed by atoms with van der Waals surface area (Å²) >= 11 is 1.23. The summed E-state index contributed by atoms with van der Waals surface area (Å²) in [6.45, 7) is 3.87. The van der Waals surface area contributed by atoms with Crippen LogP contribution in [0.3, 0.4) is 0 Å². The number of carboxylic acids is 1. The van der Waals surface area contributed by atoms with Crippen molar-refractivity contribution in [2.24, 2.45) is 0 Å². The number of sulfonamides is 1. The third kappa shape index (κ3) is 3.10. The first-order chi connectivity index (χ1) is 11.3. The van der Waals surface area contributed by atoms with Gasteiger partial charge in [0.25, 0.3) is 10.0 Å². The topological polar surface area (TPSA) is 99.2 Å². The Morgan fingerprint density at radius 3 is 2.67 bits per heavy atom. The molecule has 0 saturated heterocycles. The van der Waals surface area contributed by atoms with Gasteiger partial charge in [0.15, 0.2) is 5.13 Å². The minimum Gasteiger partial charge on any atom is -0.545 e. The molecule has 0 fully saturated rings. The SMILES string of the molecule is Cc1cc(C)c2nc(NS(=O)(=O)c3cccc(C(=O)[O-])c3)sc2c1. The van der Waals surface area contributed by atoms with Gasteiger partial charge in [-0.05, 0) is 48.7 Å². The van der Waals surface area contributed by atoms with Gasteiger partial charge in [0.2, 0.25) is 0 Å². The molecule has 124 valence electrons. The number of aromatic carboxylic acids is 1. The molecule has 0 bridgehead atoms. The molecule has 3 rings (SSSR count). The third-order valence-electron chi connectivity index (χ3n) is 3.43. The molecular weight excluding hydrogens is 348 g/mol. The summed E-state index contributed by atoms with van der Waals surface area (Å²) in [6.07, 6.45) is 0. The first-order valence-electron chi connectivity index (χ1n) is 6.98. The summed E-state index contributed by atoms with van der Waals surface area (Å²) in [6, 6.07) is 8.92. The van der Waals surface area contributed by atoms with Crippen molar-refractivity contribution >= 4 is 42.7 Å². The van der Waals surface area contributed by atoms with Crippen molar-refractivity contribution < 1.29 is 18.3 Å². The monoisotopic (exact) mass is 361 g/mol. The van der Waals surface area contributed by atoms with Crippen LogP contribution >= 0.6 is 11.3 Å². The number of hydrogen-bond acceptors (Lipinski definition) is 6. The Bertz CT molecular complexity index is 1060. The third-order valence-corrected chi connectivity index (χ3v) is 5.82.